The van der Waals surface area contributed by atoms with E-state index in [0.29, 0.717) is 18.8 Å². The van der Waals surface area contributed by atoms with Gasteiger partial charge in [0, 0.05) is 5.56 Å². The number of rotatable bonds is 6. The van der Waals surface area contributed by atoms with Gasteiger partial charge in [-0.1, -0.05) is 20.8 Å². The first kappa shape index (κ1) is 17.4. The molecule has 3 nitrogen and oxygen atoms in total. The minimum Gasteiger partial charge on any atom is -0.490 e. The molecule has 1 rings (SSSR count). The Kier molecular flexibility index (Phi) is 5.98. The molecule has 0 heterocycles. The maximum absolute atomic E-state index is 10.7. The van der Waals surface area contributed by atoms with Crippen LogP contribution in [0, 0.1) is 0 Å². The maximum Gasteiger partial charge on any atom is 0.192 e. The van der Waals surface area contributed by atoms with Gasteiger partial charge < -0.3 is 9.16 Å². The number of carbonyl (C=O) groups is 1. The molecule has 0 saturated carbocycles. The molecule has 0 N–H and O–H groups in total. The van der Waals surface area contributed by atoms with Crippen molar-refractivity contribution in [3.05, 3.63) is 28.2 Å². The first-order valence-electron chi connectivity index (χ1n) is 6.69. The third-order valence-corrected chi connectivity index (χ3v) is 8.86. The topological polar surface area (TPSA) is 35.5 Å². The Hall–Kier alpha value is -0.653. The van der Waals surface area contributed by atoms with Gasteiger partial charge in [0.25, 0.3) is 0 Å². The van der Waals surface area contributed by atoms with Gasteiger partial charge in [-0.3, -0.25) is 4.79 Å². The number of benzene rings is 1. The highest BCUT2D eigenvalue weighted by Crippen LogP contribution is 2.36. The molecule has 0 amide bonds. The molecule has 0 aliphatic rings. The summed E-state index contributed by atoms with van der Waals surface area (Å²) in [4.78, 5) is 10.7. The SMILES string of the molecule is CC(C)(C)[Si](C)(C)OCCOc1ccc(C=O)cc1Br. The summed E-state index contributed by atoms with van der Waals surface area (Å²) in [7, 11) is -1.71. The number of carbonyl (C=O) groups excluding carboxylic acids is 1. The predicted octanol–water partition coefficient (Wildman–Crippen LogP) is 4.66. The summed E-state index contributed by atoms with van der Waals surface area (Å²) in [5.74, 6) is 0.731. The van der Waals surface area contributed by atoms with Gasteiger partial charge in [0.05, 0.1) is 11.1 Å². The fourth-order valence-electron chi connectivity index (χ4n) is 1.37. The van der Waals surface area contributed by atoms with Gasteiger partial charge in [-0.2, -0.15) is 0 Å². The lowest BCUT2D eigenvalue weighted by atomic mass is 10.2. The van der Waals surface area contributed by atoms with Gasteiger partial charge in [-0.15, -0.1) is 0 Å². The van der Waals surface area contributed by atoms with Gasteiger partial charge in [-0.25, -0.2) is 0 Å². The lowest BCUT2D eigenvalue weighted by molar-refractivity contribution is 0.112. The summed E-state index contributed by atoms with van der Waals surface area (Å²) in [5, 5.41) is 0.208. The molecule has 0 aliphatic heterocycles. The smallest absolute Gasteiger partial charge is 0.192 e. The summed E-state index contributed by atoms with van der Waals surface area (Å²) < 4.78 is 12.5. The zero-order valence-electron chi connectivity index (χ0n) is 12.8. The fraction of sp³-hybridized carbons (Fsp3) is 0.533. The number of halogens is 1. The molecule has 5 heteroatoms. The molecule has 112 valence electrons. The van der Waals surface area contributed by atoms with Crippen LogP contribution in [0.4, 0.5) is 0 Å². The van der Waals surface area contributed by atoms with E-state index in [1.165, 1.54) is 0 Å². The van der Waals surface area contributed by atoms with Crippen LogP contribution in [0.1, 0.15) is 31.1 Å². The van der Waals surface area contributed by atoms with Gasteiger partial charge in [0.2, 0.25) is 0 Å². The number of ether oxygens (including phenoxy) is 1. The van der Waals surface area contributed by atoms with Crippen LogP contribution in [0.5, 0.6) is 5.75 Å². The molecule has 0 unspecified atom stereocenters. The summed E-state index contributed by atoms with van der Waals surface area (Å²) in [6, 6.07) is 5.28. The van der Waals surface area contributed by atoms with Crippen molar-refractivity contribution in [2.75, 3.05) is 13.2 Å². The van der Waals surface area contributed by atoms with Crippen molar-refractivity contribution in [3.63, 3.8) is 0 Å². The third-order valence-electron chi connectivity index (χ3n) is 3.70. The molecular weight excluding hydrogens is 336 g/mol. The Labute approximate surface area is 130 Å². The van der Waals surface area contributed by atoms with E-state index < -0.39 is 8.32 Å². The normalized spacial score (nSPS) is 12.3. The van der Waals surface area contributed by atoms with E-state index in [1.54, 1.807) is 18.2 Å². The highest BCUT2D eigenvalue weighted by molar-refractivity contribution is 9.10. The van der Waals surface area contributed by atoms with Crippen molar-refractivity contribution in [3.8, 4) is 5.75 Å². The van der Waals surface area contributed by atoms with Crippen LogP contribution in [0.2, 0.25) is 18.1 Å². The molecule has 0 bridgehead atoms. The van der Waals surface area contributed by atoms with Crippen LogP contribution in [-0.4, -0.2) is 27.8 Å². The number of hydrogen-bond donors (Lipinski definition) is 0. The van der Waals surface area contributed by atoms with Crippen molar-refractivity contribution in [1.82, 2.24) is 0 Å². The molecule has 0 saturated heterocycles. The minimum absolute atomic E-state index is 0.208. The van der Waals surface area contributed by atoms with E-state index in [4.69, 9.17) is 9.16 Å². The highest BCUT2D eigenvalue weighted by atomic mass is 79.9. The van der Waals surface area contributed by atoms with Crippen LogP contribution in [0.25, 0.3) is 0 Å². The van der Waals surface area contributed by atoms with Crippen LogP contribution in [-0.2, 0) is 4.43 Å². The second-order valence-electron chi connectivity index (χ2n) is 6.26. The first-order valence-corrected chi connectivity index (χ1v) is 10.4. The van der Waals surface area contributed by atoms with Crippen molar-refractivity contribution in [2.24, 2.45) is 0 Å². The third kappa shape index (κ3) is 4.72. The van der Waals surface area contributed by atoms with Crippen molar-refractivity contribution >= 4 is 30.5 Å². The molecule has 1 aromatic carbocycles. The summed E-state index contributed by atoms with van der Waals surface area (Å²) in [5.41, 5.74) is 0.627. The quantitative estimate of drug-likeness (QED) is 0.421. The van der Waals surface area contributed by atoms with Gasteiger partial charge in [0.1, 0.15) is 18.6 Å². The Bertz CT molecular complexity index is 467. The summed E-state index contributed by atoms with van der Waals surface area (Å²) >= 11 is 3.40. The van der Waals surface area contributed by atoms with Crippen LogP contribution in [0.15, 0.2) is 22.7 Å². The van der Waals surface area contributed by atoms with E-state index in [-0.39, 0.29) is 5.04 Å². The largest absolute Gasteiger partial charge is 0.490 e. The molecule has 20 heavy (non-hydrogen) atoms. The zero-order chi connectivity index (χ0) is 15.4. The first-order chi connectivity index (χ1) is 9.17. The van der Waals surface area contributed by atoms with E-state index in [1.807, 2.05) is 0 Å². The lowest BCUT2D eigenvalue weighted by Crippen LogP contribution is -2.41. The van der Waals surface area contributed by atoms with Crippen LogP contribution in [0.3, 0.4) is 0 Å². The second kappa shape index (κ2) is 6.87. The van der Waals surface area contributed by atoms with E-state index in [9.17, 15) is 4.79 Å². The van der Waals surface area contributed by atoms with Gasteiger partial charge >= 0.3 is 0 Å². The molecular formula is C15H23BrO3Si. The Morgan fingerprint density at radius 2 is 1.90 bits per heavy atom. The Balaban J connectivity index is 2.48. The van der Waals surface area contributed by atoms with Crippen molar-refractivity contribution in [2.45, 2.75) is 38.9 Å². The Morgan fingerprint density at radius 1 is 1.25 bits per heavy atom. The average molecular weight is 359 g/mol. The number of aldehydes is 1. The summed E-state index contributed by atoms with van der Waals surface area (Å²) in [6.45, 7) is 12.2. The number of hydrogen-bond acceptors (Lipinski definition) is 3. The molecule has 0 spiro atoms. The highest BCUT2D eigenvalue weighted by Gasteiger charge is 2.36. The molecule has 1 aromatic rings. The molecule has 0 aliphatic carbocycles. The van der Waals surface area contributed by atoms with E-state index in [2.05, 4.69) is 49.8 Å². The molecule has 0 aromatic heterocycles. The predicted molar refractivity (Wildman–Crippen MR) is 88.2 cm³/mol. The summed E-state index contributed by atoms with van der Waals surface area (Å²) in [6.07, 6.45) is 0.815. The zero-order valence-corrected chi connectivity index (χ0v) is 15.4. The van der Waals surface area contributed by atoms with E-state index >= 15 is 0 Å². The van der Waals surface area contributed by atoms with Crippen LogP contribution >= 0.6 is 15.9 Å². The molecule has 0 fully saturated rings. The minimum atomic E-state index is -1.71. The maximum atomic E-state index is 10.7. The lowest BCUT2D eigenvalue weighted by Gasteiger charge is -2.36. The Morgan fingerprint density at radius 3 is 2.40 bits per heavy atom. The van der Waals surface area contributed by atoms with Crippen molar-refractivity contribution in [1.29, 1.82) is 0 Å². The fourth-order valence-corrected chi connectivity index (χ4v) is 2.91. The van der Waals surface area contributed by atoms with Gasteiger partial charge in [-0.05, 0) is 52.3 Å². The second-order valence-corrected chi connectivity index (χ2v) is 11.9. The monoisotopic (exact) mass is 358 g/mol. The average Bonchev–Trinajstić information content (AvgIpc) is 2.34. The van der Waals surface area contributed by atoms with Gasteiger partial charge in [0.15, 0.2) is 8.32 Å². The standard InChI is InChI=1S/C15H23BrO3Si/c1-15(2,3)20(4,5)19-9-8-18-14-7-6-12(11-17)10-13(14)16/h6-7,10-11H,8-9H2,1-5H3. The van der Waals surface area contributed by atoms with E-state index in [0.717, 1.165) is 16.5 Å². The molecule has 0 radical (unpaired) electrons. The van der Waals surface area contributed by atoms with Crippen LogP contribution < -0.4 is 4.74 Å². The molecule has 0 atom stereocenters. The van der Waals surface area contributed by atoms with Crippen molar-refractivity contribution < 1.29 is 14.0 Å².